The molecule has 33 heavy (non-hydrogen) atoms. The van der Waals surface area contributed by atoms with Crippen LogP contribution in [0.4, 0.5) is 0 Å². The number of rotatable bonds is 9. The highest BCUT2D eigenvalue weighted by molar-refractivity contribution is 5.97. The Hall–Kier alpha value is -2.52. The molecule has 3 rings (SSSR count). The lowest BCUT2D eigenvalue weighted by Gasteiger charge is -2.36. The molecule has 0 spiro atoms. The summed E-state index contributed by atoms with van der Waals surface area (Å²) in [6.45, 7) is 7.41. The summed E-state index contributed by atoms with van der Waals surface area (Å²) < 4.78 is 16.2. The van der Waals surface area contributed by atoms with Crippen LogP contribution in [0.5, 0.6) is 17.2 Å². The van der Waals surface area contributed by atoms with Crippen molar-refractivity contribution in [2.24, 2.45) is 0 Å². The molecule has 1 aromatic carbocycles. The molecule has 2 amide bonds. The number of hydrogen-bond acceptors (Lipinski definition) is 7. The third-order valence-electron chi connectivity index (χ3n) is 6.59. The van der Waals surface area contributed by atoms with E-state index in [1.165, 1.54) is 40.6 Å². The quantitative estimate of drug-likeness (QED) is 0.595. The summed E-state index contributed by atoms with van der Waals surface area (Å²) in [6, 6.07) is 3.78. The van der Waals surface area contributed by atoms with Gasteiger partial charge in [-0.05, 0) is 38.4 Å². The van der Waals surface area contributed by atoms with Gasteiger partial charge >= 0.3 is 0 Å². The number of piperidine rings is 1. The summed E-state index contributed by atoms with van der Waals surface area (Å²) >= 11 is 0. The molecule has 0 saturated carbocycles. The molecule has 9 heteroatoms. The largest absolute Gasteiger partial charge is 0.493 e. The molecule has 2 aliphatic rings. The van der Waals surface area contributed by atoms with Gasteiger partial charge in [0.2, 0.25) is 11.7 Å². The Balaban J connectivity index is 1.82. The van der Waals surface area contributed by atoms with Crippen LogP contribution >= 0.6 is 0 Å². The summed E-state index contributed by atoms with van der Waals surface area (Å²) in [5.41, 5.74) is 0.407. The van der Waals surface area contributed by atoms with Crippen LogP contribution in [0.25, 0.3) is 0 Å². The number of likely N-dealkylation sites (tertiary alicyclic amines) is 1. The van der Waals surface area contributed by atoms with E-state index in [1.807, 2.05) is 4.90 Å². The van der Waals surface area contributed by atoms with Gasteiger partial charge in [-0.15, -0.1) is 0 Å². The Morgan fingerprint density at radius 1 is 1.03 bits per heavy atom. The Morgan fingerprint density at radius 2 is 1.70 bits per heavy atom. The summed E-state index contributed by atoms with van der Waals surface area (Å²) in [4.78, 5) is 32.6. The molecule has 0 bridgehead atoms. The molecule has 0 radical (unpaired) electrons. The lowest BCUT2D eigenvalue weighted by molar-refractivity contribution is -0.132. The van der Waals surface area contributed by atoms with Gasteiger partial charge in [0.25, 0.3) is 5.91 Å². The fraction of sp³-hybridized carbons (Fsp3) is 0.667. The molecule has 2 saturated heterocycles. The number of amides is 2. The van der Waals surface area contributed by atoms with Crippen molar-refractivity contribution >= 4 is 11.8 Å². The number of carbonyl (C=O) groups excluding carboxylic acids is 2. The maximum Gasteiger partial charge on any atom is 0.254 e. The highest BCUT2D eigenvalue weighted by Gasteiger charge is 2.27. The Morgan fingerprint density at radius 3 is 2.27 bits per heavy atom. The molecule has 2 aliphatic heterocycles. The minimum Gasteiger partial charge on any atom is -0.493 e. The van der Waals surface area contributed by atoms with Gasteiger partial charge in [0.15, 0.2) is 11.5 Å². The first-order valence-corrected chi connectivity index (χ1v) is 11.8. The Bertz CT molecular complexity index is 787. The van der Waals surface area contributed by atoms with Crippen molar-refractivity contribution in [2.75, 3.05) is 73.7 Å². The smallest absolute Gasteiger partial charge is 0.254 e. The lowest BCUT2D eigenvalue weighted by atomic mass is 10.0. The first-order chi connectivity index (χ1) is 16.0. The third kappa shape index (κ3) is 6.29. The van der Waals surface area contributed by atoms with Crippen molar-refractivity contribution < 1.29 is 23.8 Å². The van der Waals surface area contributed by atoms with Gasteiger partial charge in [-0.1, -0.05) is 6.42 Å². The van der Waals surface area contributed by atoms with E-state index in [-0.39, 0.29) is 18.4 Å². The summed E-state index contributed by atoms with van der Waals surface area (Å²) in [5, 5.41) is 3.26. The molecule has 9 nitrogen and oxygen atoms in total. The zero-order valence-electron chi connectivity index (χ0n) is 20.4. The van der Waals surface area contributed by atoms with Crippen LogP contribution in [0, 0.1) is 0 Å². The molecule has 0 unspecified atom stereocenters. The van der Waals surface area contributed by atoms with E-state index in [4.69, 9.17) is 14.2 Å². The normalized spacial score (nSPS) is 19.2. The third-order valence-corrected chi connectivity index (χ3v) is 6.59. The van der Waals surface area contributed by atoms with Gasteiger partial charge in [-0.25, -0.2) is 0 Å². The molecular weight excluding hydrogens is 424 g/mol. The fourth-order valence-corrected chi connectivity index (χ4v) is 4.56. The monoisotopic (exact) mass is 462 g/mol. The Labute approximate surface area is 196 Å². The van der Waals surface area contributed by atoms with Crippen molar-refractivity contribution in [2.45, 2.75) is 32.2 Å². The number of nitrogens with one attached hydrogen (secondary N) is 1. The average Bonchev–Trinajstić information content (AvgIpc) is 2.86. The predicted octanol–water partition coefficient (Wildman–Crippen LogP) is 1.46. The van der Waals surface area contributed by atoms with E-state index in [0.717, 1.165) is 26.2 Å². The first kappa shape index (κ1) is 25.1. The second-order valence-electron chi connectivity index (χ2n) is 8.65. The zero-order chi connectivity index (χ0) is 23.8. The molecule has 2 fully saturated rings. The maximum atomic E-state index is 13.6. The Kier molecular flexibility index (Phi) is 9.20. The zero-order valence-corrected chi connectivity index (χ0v) is 20.4. The van der Waals surface area contributed by atoms with Crippen LogP contribution in [0.1, 0.15) is 36.5 Å². The van der Waals surface area contributed by atoms with Crippen LogP contribution < -0.4 is 19.5 Å². The number of nitrogens with zero attached hydrogens (tertiary/aromatic N) is 3. The number of carbonyl (C=O) groups is 2. The van der Waals surface area contributed by atoms with Crippen molar-refractivity contribution in [1.29, 1.82) is 0 Å². The summed E-state index contributed by atoms with van der Waals surface area (Å²) in [7, 11) is 4.57. The lowest BCUT2D eigenvalue weighted by Crippen LogP contribution is -2.51. The van der Waals surface area contributed by atoms with Crippen LogP contribution in [-0.2, 0) is 4.79 Å². The van der Waals surface area contributed by atoms with Gasteiger partial charge in [0, 0.05) is 50.9 Å². The molecular formula is C24H38N4O5. The van der Waals surface area contributed by atoms with E-state index in [1.54, 1.807) is 17.0 Å². The van der Waals surface area contributed by atoms with Gasteiger partial charge in [-0.3, -0.25) is 14.5 Å². The fourth-order valence-electron chi connectivity index (χ4n) is 4.56. The summed E-state index contributed by atoms with van der Waals surface area (Å²) in [5.74, 6) is 1.02. The van der Waals surface area contributed by atoms with Crippen LogP contribution in [0.3, 0.4) is 0 Å². The van der Waals surface area contributed by atoms with Gasteiger partial charge in [0.1, 0.15) is 6.54 Å². The van der Waals surface area contributed by atoms with Crippen LogP contribution in [-0.4, -0.2) is 106 Å². The first-order valence-electron chi connectivity index (χ1n) is 11.8. The second-order valence-corrected chi connectivity index (χ2v) is 8.65. The minimum atomic E-state index is -0.220. The van der Waals surface area contributed by atoms with E-state index in [0.29, 0.717) is 48.5 Å². The van der Waals surface area contributed by atoms with Gasteiger partial charge in [0.05, 0.1) is 21.3 Å². The average molecular weight is 463 g/mol. The van der Waals surface area contributed by atoms with Crippen LogP contribution in [0.15, 0.2) is 12.1 Å². The van der Waals surface area contributed by atoms with Crippen molar-refractivity contribution in [3.05, 3.63) is 17.7 Å². The molecule has 0 aliphatic carbocycles. The van der Waals surface area contributed by atoms with Crippen molar-refractivity contribution in [3.63, 3.8) is 0 Å². The number of hydrogen-bond donors (Lipinski definition) is 1. The van der Waals surface area contributed by atoms with Gasteiger partial charge in [-0.2, -0.15) is 0 Å². The number of methoxy groups -OCH3 is 3. The number of benzene rings is 1. The minimum absolute atomic E-state index is 0.0241. The highest BCUT2D eigenvalue weighted by Crippen LogP contribution is 2.38. The predicted molar refractivity (Wildman–Crippen MR) is 126 cm³/mol. The highest BCUT2D eigenvalue weighted by atomic mass is 16.5. The molecule has 1 atom stereocenters. The number of ether oxygens (including phenoxy) is 3. The second kappa shape index (κ2) is 12.1. The van der Waals surface area contributed by atoms with Gasteiger partial charge < -0.3 is 29.3 Å². The number of piperazine rings is 1. The molecule has 184 valence electrons. The van der Waals surface area contributed by atoms with E-state index in [2.05, 4.69) is 17.1 Å². The standard InChI is InChI=1S/C24H38N4O5/c1-18-7-5-6-10-26(18)13-14-28(17-22(29)27-11-8-25-9-12-27)24(30)19-15-20(31-2)23(33-4)21(16-19)32-3/h15-16,18,25H,5-14,17H2,1-4H3/t18-/m1/s1. The van der Waals surface area contributed by atoms with Crippen molar-refractivity contribution in [1.82, 2.24) is 20.0 Å². The van der Waals surface area contributed by atoms with E-state index in [9.17, 15) is 9.59 Å². The maximum absolute atomic E-state index is 13.6. The molecule has 1 N–H and O–H groups in total. The topological polar surface area (TPSA) is 83.6 Å². The molecule has 2 heterocycles. The van der Waals surface area contributed by atoms with E-state index >= 15 is 0 Å². The van der Waals surface area contributed by atoms with Crippen molar-refractivity contribution in [3.8, 4) is 17.2 Å². The summed E-state index contributed by atoms with van der Waals surface area (Å²) in [6.07, 6.45) is 3.58. The van der Waals surface area contributed by atoms with Crippen LogP contribution in [0.2, 0.25) is 0 Å². The molecule has 1 aromatic rings. The molecule has 0 aromatic heterocycles. The van der Waals surface area contributed by atoms with E-state index < -0.39 is 0 Å². The SMILES string of the molecule is COc1cc(C(=O)N(CCN2CCCC[C@H]2C)CC(=O)N2CCNCC2)cc(OC)c1OC.